The van der Waals surface area contributed by atoms with Crippen LogP contribution in [0.5, 0.6) is 0 Å². The highest BCUT2D eigenvalue weighted by Gasteiger charge is 2.52. The fourth-order valence-corrected chi connectivity index (χ4v) is 3.50. The van der Waals surface area contributed by atoms with Gasteiger partial charge in [-0.05, 0) is 57.3 Å². The SMILES string of the molecule is CC(=O)SCC(=Cc1ccc(C)cc1Br)B1OC(C)(C)C(C)(C)O1. The van der Waals surface area contributed by atoms with Gasteiger partial charge in [0.05, 0.1) is 11.2 Å². The number of aryl methyl sites for hydroxylation is 1. The van der Waals surface area contributed by atoms with Gasteiger partial charge in [-0.1, -0.05) is 45.9 Å². The molecule has 130 valence electrons. The molecule has 0 radical (unpaired) electrons. The molecule has 1 aromatic rings. The monoisotopic (exact) mass is 410 g/mol. The van der Waals surface area contributed by atoms with Crippen LogP contribution in [0, 0.1) is 6.92 Å². The van der Waals surface area contributed by atoms with Gasteiger partial charge >= 0.3 is 7.12 Å². The van der Waals surface area contributed by atoms with Gasteiger partial charge in [-0.2, -0.15) is 0 Å². The molecule has 6 heteroatoms. The van der Waals surface area contributed by atoms with Crippen molar-refractivity contribution < 1.29 is 14.1 Å². The first-order valence-corrected chi connectivity index (χ1v) is 9.75. The highest BCUT2D eigenvalue weighted by molar-refractivity contribution is 9.10. The molecule has 0 unspecified atom stereocenters. The molecule has 1 aliphatic rings. The average Bonchev–Trinajstić information content (AvgIpc) is 2.65. The molecule has 3 nitrogen and oxygen atoms in total. The lowest BCUT2D eigenvalue weighted by Crippen LogP contribution is -2.41. The zero-order valence-electron chi connectivity index (χ0n) is 15.1. The summed E-state index contributed by atoms with van der Waals surface area (Å²) in [6.45, 7) is 11.8. The van der Waals surface area contributed by atoms with Crippen LogP contribution >= 0.6 is 27.7 Å². The average molecular weight is 411 g/mol. The summed E-state index contributed by atoms with van der Waals surface area (Å²) in [7, 11) is -0.449. The predicted molar refractivity (Wildman–Crippen MR) is 106 cm³/mol. The van der Waals surface area contributed by atoms with E-state index in [2.05, 4.69) is 47.1 Å². The topological polar surface area (TPSA) is 35.5 Å². The first-order chi connectivity index (χ1) is 11.0. The Morgan fingerprint density at radius 3 is 2.33 bits per heavy atom. The fourth-order valence-electron chi connectivity index (χ4n) is 2.31. The molecule has 2 rings (SSSR count). The first kappa shape index (κ1) is 19.8. The zero-order valence-corrected chi connectivity index (χ0v) is 17.5. The number of halogens is 1. The van der Waals surface area contributed by atoms with E-state index in [0.29, 0.717) is 5.75 Å². The minimum Gasteiger partial charge on any atom is -0.400 e. The summed E-state index contributed by atoms with van der Waals surface area (Å²) in [6, 6.07) is 6.20. The Bertz CT molecular complexity index is 654. The molecule has 1 aromatic carbocycles. The van der Waals surface area contributed by atoms with Gasteiger partial charge in [0, 0.05) is 17.1 Å². The summed E-state index contributed by atoms with van der Waals surface area (Å²) in [5.41, 5.74) is 2.40. The van der Waals surface area contributed by atoms with E-state index in [1.165, 1.54) is 17.3 Å². The van der Waals surface area contributed by atoms with Crippen LogP contribution in [0.25, 0.3) is 6.08 Å². The molecule has 0 atom stereocenters. The van der Waals surface area contributed by atoms with Crippen molar-refractivity contribution in [2.24, 2.45) is 0 Å². The van der Waals surface area contributed by atoms with E-state index in [1.807, 2.05) is 27.7 Å². The molecule has 0 amide bonds. The molecule has 0 saturated carbocycles. The number of thioether (sulfide) groups is 1. The van der Waals surface area contributed by atoms with Crippen LogP contribution in [0.1, 0.15) is 45.7 Å². The van der Waals surface area contributed by atoms with Crippen molar-refractivity contribution in [3.8, 4) is 0 Å². The normalized spacial score (nSPS) is 19.6. The van der Waals surface area contributed by atoms with Gasteiger partial charge in [-0.25, -0.2) is 0 Å². The number of hydrogen-bond acceptors (Lipinski definition) is 4. The van der Waals surface area contributed by atoms with E-state index in [4.69, 9.17) is 9.31 Å². The van der Waals surface area contributed by atoms with Crippen molar-refractivity contribution in [2.75, 3.05) is 5.75 Å². The van der Waals surface area contributed by atoms with Gasteiger partial charge in [0.2, 0.25) is 0 Å². The molecule has 1 saturated heterocycles. The Kier molecular flexibility index (Phi) is 6.06. The fraction of sp³-hybridized carbons (Fsp3) is 0.500. The molecule has 0 bridgehead atoms. The Morgan fingerprint density at radius 1 is 1.25 bits per heavy atom. The van der Waals surface area contributed by atoms with Crippen molar-refractivity contribution in [3.05, 3.63) is 39.3 Å². The maximum Gasteiger partial charge on any atom is 0.491 e. The van der Waals surface area contributed by atoms with E-state index in [9.17, 15) is 4.79 Å². The van der Waals surface area contributed by atoms with Crippen molar-refractivity contribution in [1.82, 2.24) is 0 Å². The lowest BCUT2D eigenvalue weighted by atomic mass is 9.78. The molecule has 0 N–H and O–H groups in total. The molecule has 0 aromatic heterocycles. The molecule has 0 spiro atoms. The molecule has 1 aliphatic heterocycles. The van der Waals surface area contributed by atoms with E-state index >= 15 is 0 Å². The smallest absolute Gasteiger partial charge is 0.400 e. The van der Waals surface area contributed by atoms with Crippen molar-refractivity contribution in [2.45, 2.75) is 52.7 Å². The van der Waals surface area contributed by atoms with Crippen LogP contribution in [0.4, 0.5) is 0 Å². The zero-order chi connectivity index (χ0) is 18.1. The molecule has 1 heterocycles. The molecule has 1 fully saturated rings. The lowest BCUT2D eigenvalue weighted by Gasteiger charge is -2.32. The largest absolute Gasteiger partial charge is 0.491 e. The summed E-state index contributed by atoms with van der Waals surface area (Å²) >= 11 is 4.88. The number of hydrogen-bond donors (Lipinski definition) is 0. The molecular weight excluding hydrogens is 387 g/mol. The summed E-state index contributed by atoms with van der Waals surface area (Å²) in [4.78, 5) is 11.4. The molecule has 24 heavy (non-hydrogen) atoms. The van der Waals surface area contributed by atoms with Gasteiger partial charge in [-0.15, -0.1) is 0 Å². The van der Waals surface area contributed by atoms with E-state index in [1.54, 1.807) is 6.92 Å². The second-order valence-corrected chi connectivity index (χ2v) is 9.12. The third-order valence-electron chi connectivity index (χ3n) is 4.49. The van der Waals surface area contributed by atoms with Gasteiger partial charge in [0.25, 0.3) is 0 Å². The minimum atomic E-state index is -0.449. The van der Waals surface area contributed by atoms with Crippen molar-refractivity contribution in [1.29, 1.82) is 0 Å². The molecular formula is C18H24BBrO3S. The van der Waals surface area contributed by atoms with Crippen LogP contribution in [-0.4, -0.2) is 29.2 Å². The summed E-state index contributed by atoms with van der Waals surface area (Å²) in [5.74, 6) is 0.548. The van der Waals surface area contributed by atoms with Gasteiger partial charge in [0.1, 0.15) is 0 Å². The van der Waals surface area contributed by atoms with E-state index in [0.717, 1.165) is 15.5 Å². The van der Waals surface area contributed by atoms with Crippen molar-refractivity contribution >= 4 is 46.0 Å². The number of carbonyl (C=O) groups excluding carboxylic acids is 1. The summed E-state index contributed by atoms with van der Waals surface area (Å²) < 4.78 is 13.3. The predicted octanol–water partition coefficient (Wildman–Crippen LogP) is 5.05. The summed E-state index contributed by atoms with van der Waals surface area (Å²) in [6.07, 6.45) is 2.06. The van der Waals surface area contributed by atoms with Crippen molar-refractivity contribution in [3.63, 3.8) is 0 Å². The number of benzene rings is 1. The van der Waals surface area contributed by atoms with E-state index < -0.39 is 18.3 Å². The third-order valence-corrected chi connectivity index (χ3v) is 6.07. The third kappa shape index (κ3) is 4.54. The lowest BCUT2D eigenvalue weighted by molar-refractivity contribution is -0.109. The highest BCUT2D eigenvalue weighted by atomic mass is 79.9. The number of rotatable bonds is 4. The first-order valence-electron chi connectivity index (χ1n) is 7.97. The van der Waals surface area contributed by atoms with Crippen LogP contribution in [0.3, 0.4) is 0 Å². The summed E-state index contributed by atoms with van der Waals surface area (Å²) in [5, 5.41) is 0.0837. The second kappa shape index (κ2) is 7.36. The molecule has 0 aliphatic carbocycles. The Balaban J connectivity index is 2.35. The quantitative estimate of drug-likeness (QED) is 0.650. The highest BCUT2D eigenvalue weighted by Crippen LogP contribution is 2.39. The van der Waals surface area contributed by atoms with Gasteiger partial charge in [0.15, 0.2) is 5.12 Å². The van der Waals surface area contributed by atoms with Gasteiger partial charge < -0.3 is 9.31 Å². The maximum atomic E-state index is 11.4. The standard InChI is InChI=1S/C18H24BBrO3S/c1-12-7-8-14(16(20)9-12)10-15(11-24-13(2)21)19-22-17(3,4)18(5,6)23-19/h7-10H,11H2,1-6H3. The second-order valence-electron chi connectivity index (χ2n) is 7.11. The van der Waals surface area contributed by atoms with E-state index in [-0.39, 0.29) is 5.12 Å². The Labute approximate surface area is 157 Å². The van der Waals surface area contributed by atoms with Crippen LogP contribution < -0.4 is 0 Å². The Morgan fingerprint density at radius 2 is 1.83 bits per heavy atom. The minimum absolute atomic E-state index is 0.0837. The maximum absolute atomic E-state index is 11.4. The van der Waals surface area contributed by atoms with Crippen LogP contribution in [-0.2, 0) is 14.1 Å². The van der Waals surface area contributed by atoms with Gasteiger partial charge in [-0.3, -0.25) is 4.79 Å². The number of carbonyl (C=O) groups is 1. The van der Waals surface area contributed by atoms with Crippen LogP contribution in [0.2, 0.25) is 0 Å². The Hall–Kier alpha value is -0.555. The van der Waals surface area contributed by atoms with Crippen LogP contribution in [0.15, 0.2) is 28.1 Å².